The fourth-order valence-electron chi connectivity index (χ4n) is 3.28. The molecule has 1 aliphatic heterocycles. The topological polar surface area (TPSA) is 39.3 Å². The van der Waals surface area contributed by atoms with Crippen molar-refractivity contribution in [2.45, 2.75) is 18.1 Å². The number of benzene rings is 1. The minimum absolute atomic E-state index is 0.0554. The Hall–Kier alpha value is -1.89. The molecule has 0 aliphatic carbocycles. The van der Waals surface area contributed by atoms with Gasteiger partial charge in [0.05, 0.1) is 29.5 Å². The highest BCUT2D eigenvalue weighted by Gasteiger charge is 2.26. The van der Waals surface area contributed by atoms with E-state index in [1.165, 1.54) is 15.3 Å². The number of fused-ring (bicyclic) bond motifs is 3. The third kappa shape index (κ3) is 2.94. The van der Waals surface area contributed by atoms with Gasteiger partial charge in [0.25, 0.3) is 5.56 Å². The van der Waals surface area contributed by atoms with Crippen molar-refractivity contribution < 1.29 is 4.90 Å². The van der Waals surface area contributed by atoms with Crippen molar-refractivity contribution in [1.82, 2.24) is 9.55 Å². The van der Waals surface area contributed by atoms with Gasteiger partial charge in [-0.3, -0.25) is 9.36 Å². The molecule has 4 rings (SSSR count). The maximum atomic E-state index is 13.4. The minimum Gasteiger partial charge on any atom is -0.333 e. The van der Waals surface area contributed by atoms with Crippen molar-refractivity contribution in [3.05, 3.63) is 63.8 Å². The van der Waals surface area contributed by atoms with Gasteiger partial charge in [-0.2, -0.15) is 0 Å². The molecule has 1 atom stereocenters. The summed E-state index contributed by atoms with van der Waals surface area (Å²) in [4.78, 5) is 22.0. The van der Waals surface area contributed by atoms with E-state index in [1.807, 2.05) is 36.4 Å². The summed E-state index contributed by atoms with van der Waals surface area (Å²) in [6.45, 7) is 5.84. The van der Waals surface area contributed by atoms with E-state index >= 15 is 0 Å². The Morgan fingerprint density at radius 1 is 1.40 bits per heavy atom. The number of nitrogens with one attached hydrogen (secondary N) is 1. The van der Waals surface area contributed by atoms with Crippen LogP contribution in [0.4, 0.5) is 0 Å². The molecule has 1 unspecified atom stereocenters. The molecular weight excluding hydrogens is 350 g/mol. The molecule has 1 N–H and O–H groups in total. The monoisotopic (exact) mass is 370 g/mol. The highest BCUT2D eigenvalue weighted by Crippen LogP contribution is 2.31. The van der Waals surface area contributed by atoms with E-state index in [0.717, 1.165) is 46.3 Å². The second kappa shape index (κ2) is 6.78. The molecule has 0 saturated heterocycles. The zero-order chi connectivity index (χ0) is 17.4. The predicted molar refractivity (Wildman–Crippen MR) is 105 cm³/mol. The van der Waals surface area contributed by atoms with E-state index in [1.54, 1.807) is 27.7 Å². The Labute approximate surface area is 154 Å². The number of quaternary nitrogens is 1. The summed E-state index contributed by atoms with van der Waals surface area (Å²) >= 11 is 3.24. The summed E-state index contributed by atoms with van der Waals surface area (Å²) in [5.74, 6) is 0.725. The summed E-state index contributed by atoms with van der Waals surface area (Å²) in [5.41, 5.74) is 2.14. The lowest BCUT2D eigenvalue weighted by Gasteiger charge is -2.19. The average Bonchev–Trinajstić information content (AvgIpc) is 2.98. The highest BCUT2D eigenvalue weighted by molar-refractivity contribution is 7.99. The Morgan fingerprint density at radius 3 is 2.96 bits per heavy atom. The van der Waals surface area contributed by atoms with E-state index in [-0.39, 0.29) is 5.56 Å². The number of likely N-dealkylation sites (N-methyl/N-ethyl adjacent to an activating group) is 1. The SMILES string of the molecule is C=CCSc1nc2sc3c(c2c(=O)n1-c1ccccc1)CC[NH+](C)C3. The number of aromatic nitrogens is 2. The molecule has 4 nitrogen and oxygen atoms in total. The van der Waals surface area contributed by atoms with Gasteiger partial charge in [0, 0.05) is 12.2 Å². The number of hydrogen-bond donors (Lipinski definition) is 1. The summed E-state index contributed by atoms with van der Waals surface area (Å²) in [5, 5.41) is 1.56. The van der Waals surface area contributed by atoms with Crippen molar-refractivity contribution in [3.8, 4) is 5.69 Å². The van der Waals surface area contributed by atoms with Gasteiger partial charge in [-0.05, 0) is 17.7 Å². The van der Waals surface area contributed by atoms with E-state index in [4.69, 9.17) is 4.98 Å². The molecule has 0 radical (unpaired) electrons. The van der Waals surface area contributed by atoms with Crippen LogP contribution in [0.3, 0.4) is 0 Å². The molecule has 6 heteroatoms. The first-order chi connectivity index (χ1) is 12.2. The average molecular weight is 371 g/mol. The Balaban J connectivity index is 1.99. The number of nitrogens with zero attached hydrogens (tertiary/aromatic N) is 2. The predicted octanol–water partition coefficient (Wildman–Crippen LogP) is 2.30. The van der Waals surface area contributed by atoms with Crippen LogP contribution in [0, 0.1) is 0 Å². The lowest BCUT2D eigenvalue weighted by molar-refractivity contribution is -0.895. The number of para-hydroxylation sites is 1. The first-order valence-corrected chi connectivity index (χ1v) is 10.2. The molecule has 2 aromatic heterocycles. The quantitative estimate of drug-likeness (QED) is 0.435. The molecule has 25 heavy (non-hydrogen) atoms. The van der Waals surface area contributed by atoms with Gasteiger partial charge in [-0.1, -0.05) is 36.0 Å². The first-order valence-electron chi connectivity index (χ1n) is 8.36. The number of hydrogen-bond acceptors (Lipinski definition) is 4. The van der Waals surface area contributed by atoms with Crippen molar-refractivity contribution in [1.29, 1.82) is 0 Å². The Kier molecular flexibility index (Phi) is 4.50. The second-order valence-corrected chi connectivity index (χ2v) is 8.36. The van der Waals surface area contributed by atoms with Gasteiger partial charge in [0.1, 0.15) is 11.4 Å². The lowest BCUT2D eigenvalue weighted by atomic mass is 10.1. The van der Waals surface area contributed by atoms with Crippen molar-refractivity contribution in [3.63, 3.8) is 0 Å². The highest BCUT2D eigenvalue weighted by atomic mass is 32.2. The fraction of sp³-hybridized carbons (Fsp3) is 0.263. The Bertz CT molecular complexity index is 991. The number of thiophene rings is 1. The minimum atomic E-state index is 0.0554. The van der Waals surface area contributed by atoms with E-state index in [2.05, 4.69) is 13.6 Å². The van der Waals surface area contributed by atoms with Crippen LogP contribution in [0.5, 0.6) is 0 Å². The normalized spacial score (nSPS) is 16.8. The molecule has 0 spiro atoms. The second-order valence-electron chi connectivity index (χ2n) is 6.29. The lowest BCUT2D eigenvalue weighted by Crippen LogP contribution is -3.08. The smallest absolute Gasteiger partial charge is 0.267 e. The summed E-state index contributed by atoms with van der Waals surface area (Å²) in [7, 11) is 2.20. The van der Waals surface area contributed by atoms with Crippen LogP contribution in [0.1, 0.15) is 10.4 Å². The van der Waals surface area contributed by atoms with Gasteiger partial charge < -0.3 is 4.90 Å². The van der Waals surface area contributed by atoms with Crippen LogP contribution in [0.15, 0.2) is 52.9 Å². The maximum absolute atomic E-state index is 13.4. The van der Waals surface area contributed by atoms with Crippen LogP contribution >= 0.6 is 23.1 Å². The van der Waals surface area contributed by atoms with Gasteiger partial charge >= 0.3 is 0 Å². The van der Waals surface area contributed by atoms with E-state index < -0.39 is 0 Å². The van der Waals surface area contributed by atoms with E-state index in [0.29, 0.717) is 0 Å². The van der Waals surface area contributed by atoms with Gasteiger partial charge in [0.15, 0.2) is 5.16 Å². The first kappa shape index (κ1) is 16.6. The third-order valence-electron chi connectivity index (χ3n) is 4.49. The molecule has 0 amide bonds. The van der Waals surface area contributed by atoms with E-state index in [9.17, 15) is 4.79 Å². The largest absolute Gasteiger partial charge is 0.333 e. The molecule has 0 saturated carbocycles. The van der Waals surface area contributed by atoms with Gasteiger partial charge in [-0.25, -0.2) is 4.98 Å². The van der Waals surface area contributed by atoms with Crippen LogP contribution in [0.25, 0.3) is 15.9 Å². The summed E-state index contributed by atoms with van der Waals surface area (Å²) in [6, 6.07) is 9.79. The zero-order valence-corrected chi connectivity index (χ0v) is 15.8. The summed E-state index contributed by atoms with van der Waals surface area (Å²) in [6.07, 6.45) is 2.79. The Morgan fingerprint density at radius 2 is 2.20 bits per heavy atom. The van der Waals surface area contributed by atoms with Crippen molar-refractivity contribution >= 4 is 33.3 Å². The maximum Gasteiger partial charge on any atom is 0.267 e. The fourth-order valence-corrected chi connectivity index (χ4v) is 5.40. The number of thioether (sulfide) groups is 1. The van der Waals surface area contributed by atoms with Crippen LogP contribution < -0.4 is 10.5 Å². The third-order valence-corrected chi connectivity index (χ3v) is 6.55. The van der Waals surface area contributed by atoms with Crippen molar-refractivity contribution in [2.75, 3.05) is 19.3 Å². The molecule has 3 aromatic rings. The zero-order valence-electron chi connectivity index (χ0n) is 14.1. The van der Waals surface area contributed by atoms with Crippen LogP contribution in [-0.4, -0.2) is 28.9 Å². The molecule has 128 valence electrons. The van der Waals surface area contributed by atoms with Gasteiger partial charge in [-0.15, -0.1) is 17.9 Å². The molecule has 0 fully saturated rings. The molecular formula is C19H20N3OS2+. The van der Waals surface area contributed by atoms with Crippen molar-refractivity contribution in [2.24, 2.45) is 0 Å². The van der Waals surface area contributed by atoms with Crippen LogP contribution in [0.2, 0.25) is 0 Å². The number of rotatable bonds is 4. The summed E-state index contributed by atoms with van der Waals surface area (Å²) < 4.78 is 1.76. The van der Waals surface area contributed by atoms with Gasteiger partial charge in [0.2, 0.25) is 0 Å². The molecule has 3 heterocycles. The van der Waals surface area contributed by atoms with Crippen LogP contribution in [-0.2, 0) is 13.0 Å². The molecule has 1 aliphatic rings. The molecule has 1 aromatic carbocycles. The standard InChI is InChI=1S/C19H19N3OS2/c1-3-11-24-19-20-17-16(14-9-10-21(2)12-15(14)25-17)18(23)22(19)13-7-5-4-6-8-13/h3-8H,1,9-12H2,2H3/p+1. The molecule has 0 bridgehead atoms.